The number of methoxy groups -OCH3 is 1. The van der Waals surface area contributed by atoms with Gasteiger partial charge in [-0.3, -0.25) is 0 Å². The SMILES string of the molecule is COCC/C(C=N)=C/N. The second-order valence-electron chi connectivity index (χ2n) is 1.63. The summed E-state index contributed by atoms with van der Waals surface area (Å²) >= 11 is 0. The number of rotatable bonds is 4. The zero-order valence-corrected chi connectivity index (χ0v) is 5.55. The molecule has 0 bridgehead atoms. The Bertz CT molecular complexity index is 110. The van der Waals surface area contributed by atoms with Crippen molar-refractivity contribution in [2.45, 2.75) is 6.42 Å². The number of nitrogens with one attached hydrogen (secondary N) is 1. The molecule has 3 nitrogen and oxygen atoms in total. The van der Waals surface area contributed by atoms with Crippen molar-refractivity contribution in [1.82, 2.24) is 0 Å². The highest BCUT2D eigenvalue weighted by molar-refractivity contribution is 5.75. The van der Waals surface area contributed by atoms with Crippen LogP contribution in [-0.4, -0.2) is 19.9 Å². The smallest absolute Gasteiger partial charge is 0.0503 e. The summed E-state index contributed by atoms with van der Waals surface area (Å²) in [4.78, 5) is 0. The highest BCUT2D eigenvalue weighted by Crippen LogP contribution is 1.93. The van der Waals surface area contributed by atoms with E-state index in [1.807, 2.05) is 0 Å². The molecule has 0 aliphatic heterocycles. The molecule has 0 amide bonds. The molecular formula is C6H12N2O. The van der Waals surface area contributed by atoms with Crippen molar-refractivity contribution < 1.29 is 4.74 Å². The summed E-state index contributed by atoms with van der Waals surface area (Å²) < 4.78 is 4.78. The van der Waals surface area contributed by atoms with Crippen LogP contribution in [0.1, 0.15) is 6.42 Å². The molecular weight excluding hydrogens is 116 g/mol. The summed E-state index contributed by atoms with van der Waals surface area (Å²) in [5.74, 6) is 0. The van der Waals surface area contributed by atoms with E-state index in [-0.39, 0.29) is 0 Å². The van der Waals surface area contributed by atoms with Crippen molar-refractivity contribution in [3.8, 4) is 0 Å². The Balaban J connectivity index is 3.45. The fourth-order valence-corrected chi connectivity index (χ4v) is 0.424. The molecule has 0 aliphatic carbocycles. The minimum absolute atomic E-state index is 0.623. The molecule has 0 aromatic heterocycles. The first-order chi connectivity index (χ1) is 4.35. The van der Waals surface area contributed by atoms with Gasteiger partial charge in [0, 0.05) is 13.3 Å². The molecule has 0 aromatic rings. The zero-order valence-electron chi connectivity index (χ0n) is 5.55. The first kappa shape index (κ1) is 8.17. The molecule has 0 saturated heterocycles. The van der Waals surface area contributed by atoms with E-state index < -0.39 is 0 Å². The lowest BCUT2D eigenvalue weighted by atomic mass is 10.2. The van der Waals surface area contributed by atoms with Gasteiger partial charge >= 0.3 is 0 Å². The summed E-state index contributed by atoms with van der Waals surface area (Å²) in [6.45, 7) is 0.623. The highest BCUT2D eigenvalue weighted by atomic mass is 16.5. The number of nitrogens with two attached hydrogens (primary N) is 1. The normalized spacial score (nSPS) is 11.4. The standard InChI is InChI=1S/C6H12N2O/c1-9-3-2-6(4-7)5-8/h4-5,7H,2-3,8H2,1H3/b6-5-,7-4?. The van der Waals surface area contributed by atoms with E-state index in [1.165, 1.54) is 12.4 Å². The van der Waals surface area contributed by atoms with E-state index in [4.69, 9.17) is 15.9 Å². The quantitative estimate of drug-likeness (QED) is 0.542. The second kappa shape index (κ2) is 5.31. The number of hydrogen-bond donors (Lipinski definition) is 2. The van der Waals surface area contributed by atoms with Gasteiger partial charge in [0.15, 0.2) is 0 Å². The lowest BCUT2D eigenvalue weighted by Gasteiger charge is -1.96. The minimum atomic E-state index is 0.623. The van der Waals surface area contributed by atoms with Gasteiger partial charge < -0.3 is 15.9 Å². The van der Waals surface area contributed by atoms with E-state index in [9.17, 15) is 0 Å². The van der Waals surface area contributed by atoms with Crippen molar-refractivity contribution in [2.75, 3.05) is 13.7 Å². The molecule has 9 heavy (non-hydrogen) atoms. The second-order valence-corrected chi connectivity index (χ2v) is 1.63. The van der Waals surface area contributed by atoms with Crippen molar-refractivity contribution in [2.24, 2.45) is 5.73 Å². The largest absolute Gasteiger partial charge is 0.404 e. The Morgan fingerprint density at radius 1 is 1.78 bits per heavy atom. The Labute approximate surface area is 55.0 Å². The Hall–Kier alpha value is -0.830. The minimum Gasteiger partial charge on any atom is -0.404 e. The fraction of sp³-hybridized carbons (Fsp3) is 0.500. The van der Waals surface area contributed by atoms with Gasteiger partial charge in [0.25, 0.3) is 0 Å². The average molecular weight is 128 g/mol. The Morgan fingerprint density at radius 3 is 2.78 bits per heavy atom. The lowest BCUT2D eigenvalue weighted by molar-refractivity contribution is 0.203. The van der Waals surface area contributed by atoms with E-state index in [0.717, 1.165) is 12.0 Å². The molecule has 0 aromatic carbocycles. The van der Waals surface area contributed by atoms with Crippen LogP contribution in [0.2, 0.25) is 0 Å². The first-order valence-corrected chi connectivity index (χ1v) is 2.75. The van der Waals surface area contributed by atoms with Crippen molar-refractivity contribution in [1.29, 1.82) is 5.41 Å². The molecule has 0 aliphatic rings. The maximum absolute atomic E-state index is 6.81. The summed E-state index contributed by atoms with van der Waals surface area (Å²) in [5.41, 5.74) is 5.96. The molecule has 0 radical (unpaired) electrons. The van der Waals surface area contributed by atoms with Crippen LogP contribution < -0.4 is 5.73 Å². The van der Waals surface area contributed by atoms with Gasteiger partial charge in [-0.1, -0.05) is 0 Å². The van der Waals surface area contributed by atoms with E-state index in [0.29, 0.717) is 6.61 Å². The highest BCUT2D eigenvalue weighted by Gasteiger charge is 1.88. The zero-order chi connectivity index (χ0) is 7.11. The fourth-order valence-electron chi connectivity index (χ4n) is 0.424. The van der Waals surface area contributed by atoms with Gasteiger partial charge in [0.05, 0.1) is 6.61 Å². The van der Waals surface area contributed by atoms with Crippen LogP contribution in [0.15, 0.2) is 11.8 Å². The molecule has 0 spiro atoms. The molecule has 3 N–H and O–H groups in total. The molecule has 52 valence electrons. The van der Waals surface area contributed by atoms with Crippen LogP contribution in [0.3, 0.4) is 0 Å². The topological polar surface area (TPSA) is 59.1 Å². The van der Waals surface area contributed by atoms with Crippen LogP contribution in [0.25, 0.3) is 0 Å². The molecule has 0 atom stereocenters. The maximum atomic E-state index is 6.81. The number of ether oxygens (including phenoxy) is 1. The van der Waals surface area contributed by atoms with Crippen LogP contribution >= 0.6 is 0 Å². The van der Waals surface area contributed by atoms with Gasteiger partial charge in [-0.15, -0.1) is 0 Å². The average Bonchev–Trinajstić information content (AvgIpc) is 1.91. The summed E-state index contributed by atoms with van der Waals surface area (Å²) in [6.07, 6.45) is 3.38. The Kier molecular flexibility index (Phi) is 4.82. The molecule has 0 fully saturated rings. The van der Waals surface area contributed by atoms with E-state index in [1.54, 1.807) is 7.11 Å². The van der Waals surface area contributed by atoms with Gasteiger partial charge in [-0.2, -0.15) is 0 Å². The Morgan fingerprint density at radius 2 is 2.44 bits per heavy atom. The van der Waals surface area contributed by atoms with Crippen LogP contribution in [0.4, 0.5) is 0 Å². The third kappa shape index (κ3) is 3.73. The van der Waals surface area contributed by atoms with Crippen molar-refractivity contribution in [3.05, 3.63) is 11.8 Å². The molecule has 0 heterocycles. The van der Waals surface area contributed by atoms with Gasteiger partial charge in [0.2, 0.25) is 0 Å². The van der Waals surface area contributed by atoms with Gasteiger partial charge in [-0.25, -0.2) is 0 Å². The van der Waals surface area contributed by atoms with Crippen LogP contribution in [0.5, 0.6) is 0 Å². The summed E-state index contributed by atoms with van der Waals surface area (Å²) in [5, 5.41) is 6.81. The van der Waals surface area contributed by atoms with Crippen molar-refractivity contribution >= 4 is 6.21 Å². The third-order valence-electron chi connectivity index (χ3n) is 0.994. The van der Waals surface area contributed by atoms with E-state index >= 15 is 0 Å². The van der Waals surface area contributed by atoms with Crippen molar-refractivity contribution in [3.63, 3.8) is 0 Å². The summed E-state index contributed by atoms with van der Waals surface area (Å²) in [7, 11) is 1.62. The molecule has 0 rings (SSSR count). The van der Waals surface area contributed by atoms with Crippen LogP contribution in [0, 0.1) is 5.41 Å². The van der Waals surface area contributed by atoms with Gasteiger partial charge in [-0.05, 0) is 18.2 Å². The predicted molar refractivity (Wildman–Crippen MR) is 37.5 cm³/mol. The molecule has 0 unspecified atom stereocenters. The predicted octanol–water partition coefficient (Wildman–Crippen LogP) is 0.515. The summed E-state index contributed by atoms with van der Waals surface area (Å²) in [6, 6.07) is 0. The van der Waals surface area contributed by atoms with Gasteiger partial charge in [0.1, 0.15) is 0 Å². The molecule has 3 heteroatoms. The third-order valence-corrected chi connectivity index (χ3v) is 0.994. The van der Waals surface area contributed by atoms with Crippen LogP contribution in [-0.2, 0) is 4.74 Å². The number of hydrogen-bond acceptors (Lipinski definition) is 3. The molecule has 0 saturated carbocycles. The lowest BCUT2D eigenvalue weighted by Crippen LogP contribution is -1.95. The monoisotopic (exact) mass is 128 g/mol. The first-order valence-electron chi connectivity index (χ1n) is 2.75. The maximum Gasteiger partial charge on any atom is 0.0503 e. The van der Waals surface area contributed by atoms with E-state index in [2.05, 4.69) is 0 Å².